The molecule has 0 atom stereocenters. The van der Waals surface area contributed by atoms with Gasteiger partial charge in [0.1, 0.15) is 5.75 Å². The van der Waals surface area contributed by atoms with Gasteiger partial charge in [0.15, 0.2) is 6.61 Å². The standard InChI is InChI=1S/C18H20N2O3/c1-2-6-17(21)19-20-18(22)13-23-16-11-9-15(10-12-16)14-7-4-3-5-8-14/h3-5,7-12H,2,6,13H2,1H3,(H,19,21)(H,20,22). The summed E-state index contributed by atoms with van der Waals surface area (Å²) in [4.78, 5) is 22.8. The van der Waals surface area contributed by atoms with Gasteiger partial charge in [0.05, 0.1) is 0 Å². The molecule has 2 aromatic carbocycles. The third kappa shape index (κ3) is 5.47. The number of nitrogens with one attached hydrogen (secondary N) is 2. The average Bonchev–Trinajstić information content (AvgIpc) is 2.59. The minimum Gasteiger partial charge on any atom is -0.484 e. The van der Waals surface area contributed by atoms with Crippen molar-refractivity contribution in [1.82, 2.24) is 10.9 Å². The fourth-order valence-corrected chi connectivity index (χ4v) is 1.99. The molecular formula is C18H20N2O3. The van der Waals surface area contributed by atoms with Gasteiger partial charge in [-0.1, -0.05) is 49.4 Å². The highest BCUT2D eigenvalue weighted by atomic mass is 16.5. The molecule has 0 saturated heterocycles. The minimum atomic E-state index is -0.401. The van der Waals surface area contributed by atoms with Crippen LogP contribution in [0.25, 0.3) is 11.1 Å². The van der Waals surface area contributed by atoms with Gasteiger partial charge >= 0.3 is 0 Å². The molecule has 5 nitrogen and oxygen atoms in total. The highest BCUT2D eigenvalue weighted by Gasteiger charge is 2.05. The summed E-state index contributed by atoms with van der Waals surface area (Å²) < 4.78 is 5.39. The topological polar surface area (TPSA) is 67.4 Å². The zero-order valence-corrected chi connectivity index (χ0v) is 13.0. The van der Waals surface area contributed by atoms with Gasteiger partial charge in [-0.25, -0.2) is 0 Å². The molecule has 0 aromatic heterocycles. The maximum atomic E-state index is 11.6. The molecule has 120 valence electrons. The van der Waals surface area contributed by atoms with Crippen LogP contribution in [0.4, 0.5) is 0 Å². The van der Waals surface area contributed by atoms with E-state index in [1.54, 1.807) is 0 Å². The lowest BCUT2D eigenvalue weighted by Crippen LogP contribution is -2.43. The van der Waals surface area contributed by atoms with E-state index in [1.165, 1.54) is 0 Å². The molecule has 0 radical (unpaired) electrons. The quantitative estimate of drug-likeness (QED) is 0.806. The van der Waals surface area contributed by atoms with Crippen molar-refractivity contribution in [1.29, 1.82) is 0 Å². The van der Waals surface area contributed by atoms with Crippen LogP contribution in [0.2, 0.25) is 0 Å². The first-order valence-electron chi connectivity index (χ1n) is 7.55. The number of hydrogen-bond acceptors (Lipinski definition) is 3. The summed E-state index contributed by atoms with van der Waals surface area (Å²) in [6, 6.07) is 17.5. The Morgan fingerprint density at radius 1 is 0.870 bits per heavy atom. The molecule has 2 amide bonds. The largest absolute Gasteiger partial charge is 0.484 e. The second-order valence-corrected chi connectivity index (χ2v) is 5.03. The Bertz CT molecular complexity index is 639. The van der Waals surface area contributed by atoms with Crippen LogP contribution in [0.5, 0.6) is 5.75 Å². The molecule has 23 heavy (non-hydrogen) atoms. The molecule has 0 fully saturated rings. The highest BCUT2D eigenvalue weighted by Crippen LogP contribution is 2.21. The first-order chi connectivity index (χ1) is 11.2. The van der Waals surface area contributed by atoms with Gasteiger partial charge in [0, 0.05) is 6.42 Å². The summed E-state index contributed by atoms with van der Waals surface area (Å²) >= 11 is 0. The van der Waals surface area contributed by atoms with Crippen LogP contribution in [-0.4, -0.2) is 18.4 Å². The number of amides is 2. The van der Waals surface area contributed by atoms with Crippen molar-refractivity contribution < 1.29 is 14.3 Å². The molecule has 0 unspecified atom stereocenters. The van der Waals surface area contributed by atoms with E-state index >= 15 is 0 Å². The predicted octanol–water partition coefficient (Wildman–Crippen LogP) is 2.68. The van der Waals surface area contributed by atoms with Crippen LogP contribution in [0, 0.1) is 0 Å². The smallest absolute Gasteiger partial charge is 0.276 e. The lowest BCUT2D eigenvalue weighted by atomic mass is 10.1. The third-order valence-corrected chi connectivity index (χ3v) is 3.15. The lowest BCUT2D eigenvalue weighted by Gasteiger charge is -2.09. The van der Waals surface area contributed by atoms with Gasteiger partial charge in [-0.15, -0.1) is 0 Å². The maximum absolute atomic E-state index is 11.6. The van der Waals surface area contributed by atoms with E-state index in [9.17, 15) is 9.59 Å². The summed E-state index contributed by atoms with van der Waals surface area (Å²) in [6.45, 7) is 1.74. The van der Waals surface area contributed by atoms with Crippen molar-refractivity contribution in [2.45, 2.75) is 19.8 Å². The summed E-state index contributed by atoms with van der Waals surface area (Å²) in [7, 11) is 0. The van der Waals surface area contributed by atoms with Gasteiger partial charge < -0.3 is 4.74 Å². The van der Waals surface area contributed by atoms with E-state index in [0.29, 0.717) is 12.2 Å². The van der Waals surface area contributed by atoms with Crippen molar-refractivity contribution in [3.8, 4) is 16.9 Å². The second kappa shape index (κ2) is 8.58. The van der Waals surface area contributed by atoms with E-state index in [2.05, 4.69) is 10.9 Å². The van der Waals surface area contributed by atoms with Gasteiger partial charge in [0.2, 0.25) is 5.91 Å². The van der Waals surface area contributed by atoms with E-state index in [0.717, 1.165) is 17.5 Å². The molecule has 2 N–H and O–H groups in total. The van der Waals surface area contributed by atoms with Crippen LogP contribution in [0.1, 0.15) is 19.8 Å². The van der Waals surface area contributed by atoms with Crippen LogP contribution in [0.15, 0.2) is 54.6 Å². The van der Waals surface area contributed by atoms with Crippen LogP contribution < -0.4 is 15.6 Å². The molecule has 0 aliphatic carbocycles. The highest BCUT2D eigenvalue weighted by molar-refractivity contribution is 5.82. The number of hydrogen-bond donors (Lipinski definition) is 2. The Hall–Kier alpha value is -2.82. The van der Waals surface area contributed by atoms with Gasteiger partial charge in [-0.3, -0.25) is 20.4 Å². The van der Waals surface area contributed by atoms with E-state index in [4.69, 9.17) is 4.74 Å². The molecule has 0 bridgehead atoms. The SMILES string of the molecule is CCCC(=O)NNC(=O)COc1ccc(-c2ccccc2)cc1. The van der Waals surface area contributed by atoms with E-state index in [1.807, 2.05) is 61.5 Å². The fourth-order valence-electron chi connectivity index (χ4n) is 1.99. The minimum absolute atomic E-state index is 0.156. The summed E-state index contributed by atoms with van der Waals surface area (Å²) in [5.41, 5.74) is 6.84. The zero-order chi connectivity index (χ0) is 16.5. The van der Waals surface area contributed by atoms with E-state index < -0.39 is 5.91 Å². The van der Waals surface area contributed by atoms with Gasteiger partial charge in [0.25, 0.3) is 5.91 Å². The molecule has 2 rings (SSSR count). The lowest BCUT2D eigenvalue weighted by molar-refractivity contribution is -0.130. The van der Waals surface area contributed by atoms with Crippen molar-refractivity contribution in [2.75, 3.05) is 6.61 Å². The summed E-state index contributed by atoms with van der Waals surface area (Å²) in [6.07, 6.45) is 1.11. The Labute approximate surface area is 135 Å². The van der Waals surface area contributed by atoms with Gasteiger partial charge in [-0.05, 0) is 29.7 Å². The summed E-state index contributed by atoms with van der Waals surface area (Å²) in [5.74, 6) is -0.0191. The number of rotatable bonds is 6. The fraction of sp³-hybridized carbons (Fsp3) is 0.222. The Morgan fingerprint density at radius 2 is 1.48 bits per heavy atom. The predicted molar refractivity (Wildman–Crippen MR) is 88.6 cm³/mol. The molecule has 0 aliphatic rings. The van der Waals surface area contributed by atoms with Crippen LogP contribution in [-0.2, 0) is 9.59 Å². The number of hydrazine groups is 1. The average molecular weight is 312 g/mol. The van der Waals surface area contributed by atoms with Crippen molar-refractivity contribution >= 4 is 11.8 Å². The number of carbonyl (C=O) groups excluding carboxylic acids is 2. The van der Waals surface area contributed by atoms with Crippen molar-refractivity contribution in [3.05, 3.63) is 54.6 Å². The first kappa shape index (κ1) is 16.5. The van der Waals surface area contributed by atoms with Crippen molar-refractivity contribution in [3.63, 3.8) is 0 Å². The molecule has 0 aliphatic heterocycles. The normalized spacial score (nSPS) is 9.96. The monoisotopic (exact) mass is 312 g/mol. The van der Waals surface area contributed by atoms with E-state index in [-0.39, 0.29) is 12.5 Å². The third-order valence-electron chi connectivity index (χ3n) is 3.15. The molecule has 2 aromatic rings. The molecule has 0 heterocycles. The Kier molecular flexibility index (Phi) is 6.17. The second-order valence-electron chi connectivity index (χ2n) is 5.03. The molecule has 0 saturated carbocycles. The zero-order valence-electron chi connectivity index (χ0n) is 13.0. The maximum Gasteiger partial charge on any atom is 0.276 e. The number of carbonyl (C=O) groups is 2. The first-order valence-corrected chi connectivity index (χ1v) is 7.55. The summed E-state index contributed by atoms with van der Waals surface area (Å²) in [5, 5.41) is 0. The Morgan fingerprint density at radius 3 is 2.13 bits per heavy atom. The van der Waals surface area contributed by atoms with Crippen molar-refractivity contribution in [2.24, 2.45) is 0 Å². The van der Waals surface area contributed by atoms with Crippen LogP contribution in [0.3, 0.4) is 0 Å². The number of benzene rings is 2. The molecular weight excluding hydrogens is 292 g/mol. The molecule has 5 heteroatoms. The van der Waals surface area contributed by atoms with Gasteiger partial charge in [-0.2, -0.15) is 0 Å². The number of ether oxygens (including phenoxy) is 1. The van der Waals surface area contributed by atoms with Crippen LogP contribution >= 0.6 is 0 Å². The Balaban J connectivity index is 1.80. The molecule has 0 spiro atoms.